The first kappa shape index (κ1) is 11.4. The van der Waals surface area contributed by atoms with E-state index in [0.29, 0.717) is 6.04 Å². The van der Waals surface area contributed by atoms with Gasteiger partial charge in [0, 0.05) is 24.3 Å². The van der Waals surface area contributed by atoms with Gasteiger partial charge in [-0.3, -0.25) is 0 Å². The normalized spacial score (nSPS) is 23.2. The van der Waals surface area contributed by atoms with Crippen LogP contribution in [0.2, 0.25) is 0 Å². The van der Waals surface area contributed by atoms with Gasteiger partial charge in [0.25, 0.3) is 0 Å². The summed E-state index contributed by atoms with van der Waals surface area (Å²) in [6.07, 6.45) is 0. The second kappa shape index (κ2) is 4.85. The number of nitrogens with zero attached hydrogens (tertiary/aromatic N) is 1. The average Bonchev–Trinajstić information content (AvgIpc) is 2.30. The maximum atomic E-state index is 5.84. The quantitative estimate of drug-likeness (QED) is 0.827. The molecule has 2 atom stereocenters. The summed E-state index contributed by atoms with van der Waals surface area (Å²) in [4.78, 5) is 2.38. The van der Waals surface area contributed by atoms with Crippen LogP contribution < -0.4 is 10.6 Å². The number of benzene rings is 1. The molecule has 1 heterocycles. The van der Waals surface area contributed by atoms with Crippen molar-refractivity contribution in [2.45, 2.75) is 25.9 Å². The zero-order valence-corrected chi connectivity index (χ0v) is 10.0. The van der Waals surface area contributed by atoms with Gasteiger partial charge in [-0.25, -0.2) is 0 Å². The molecule has 0 aromatic heterocycles. The fourth-order valence-electron chi connectivity index (χ4n) is 2.08. The van der Waals surface area contributed by atoms with Crippen LogP contribution in [0.4, 0.5) is 5.69 Å². The monoisotopic (exact) mass is 220 g/mol. The van der Waals surface area contributed by atoms with E-state index in [1.54, 1.807) is 0 Å². The summed E-state index contributed by atoms with van der Waals surface area (Å²) in [7, 11) is 0. The molecule has 0 radical (unpaired) electrons. The third-order valence-electron chi connectivity index (χ3n) is 3.12. The summed E-state index contributed by atoms with van der Waals surface area (Å²) in [5, 5.41) is 0. The van der Waals surface area contributed by atoms with Crippen LogP contribution in [0, 0.1) is 0 Å². The van der Waals surface area contributed by atoms with E-state index in [1.165, 1.54) is 11.3 Å². The lowest BCUT2D eigenvalue weighted by molar-refractivity contribution is 0.0989. The van der Waals surface area contributed by atoms with E-state index in [0.717, 1.165) is 19.8 Å². The number of morpholine rings is 1. The Morgan fingerprint density at radius 3 is 2.62 bits per heavy atom. The first-order valence-electron chi connectivity index (χ1n) is 5.88. The van der Waals surface area contributed by atoms with Crippen molar-refractivity contribution in [1.82, 2.24) is 0 Å². The first-order chi connectivity index (χ1) is 7.68. The Morgan fingerprint density at radius 2 is 2.06 bits per heavy atom. The van der Waals surface area contributed by atoms with Gasteiger partial charge in [-0.1, -0.05) is 12.1 Å². The summed E-state index contributed by atoms with van der Waals surface area (Å²) in [5.41, 5.74) is 8.28. The predicted octanol–water partition coefficient (Wildman–Crippen LogP) is 1.93. The minimum atomic E-state index is 0.108. The molecule has 1 aliphatic rings. The van der Waals surface area contributed by atoms with Crippen molar-refractivity contribution in [3.63, 3.8) is 0 Å². The topological polar surface area (TPSA) is 38.5 Å². The largest absolute Gasteiger partial charge is 0.377 e. The predicted molar refractivity (Wildman–Crippen MR) is 66.7 cm³/mol. The molecule has 0 aliphatic carbocycles. The Kier molecular flexibility index (Phi) is 3.46. The number of ether oxygens (including phenoxy) is 1. The van der Waals surface area contributed by atoms with Crippen LogP contribution in [0.5, 0.6) is 0 Å². The molecule has 1 aromatic rings. The van der Waals surface area contributed by atoms with E-state index in [9.17, 15) is 0 Å². The van der Waals surface area contributed by atoms with E-state index >= 15 is 0 Å². The number of nitrogens with two attached hydrogens (primary N) is 1. The Balaban J connectivity index is 2.14. The standard InChI is InChI=1S/C13H20N2O/c1-10-9-16-8-7-15(10)13-5-3-12(4-6-13)11(2)14/h3-6,10-11H,7-9,14H2,1-2H3/t10-,11?/m1/s1. The lowest BCUT2D eigenvalue weighted by Gasteiger charge is -2.35. The molecule has 0 bridgehead atoms. The summed E-state index contributed by atoms with van der Waals surface area (Å²) in [5.74, 6) is 0. The van der Waals surface area contributed by atoms with Crippen molar-refractivity contribution >= 4 is 5.69 Å². The van der Waals surface area contributed by atoms with E-state index in [-0.39, 0.29) is 6.04 Å². The third kappa shape index (κ3) is 2.36. The van der Waals surface area contributed by atoms with Crippen molar-refractivity contribution in [2.75, 3.05) is 24.7 Å². The maximum absolute atomic E-state index is 5.84. The lowest BCUT2D eigenvalue weighted by atomic mass is 10.1. The molecule has 2 rings (SSSR count). The van der Waals surface area contributed by atoms with Crippen LogP contribution >= 0.6 is 0 Å². The number of hydrogen-bond acceptors (Lipinski definition) is 3. The molecular weight excluding hydrogens is 200 g/mol. The molecule has 1 fully saturated rings. The smallest absolute Gasteiger partial charge is 0.0668 e. The summed E-state index contributed by atoms with van der Waals surface area (Å²) < 4.78 is 5.43. The highest BCUT2D eigenvalue weighted by molar-refractivity contribution is 5.49. The fourth-order valence-corrected chi connectivity index (χ4v) is 2.08. The lowest BCUT2D eigenvalue weighted by Crippen LogP contribution is -2.43. The number of anilines is 1. The van der Waals surface area contributed by atoms with Gasteiger partial charge < -0.3 is 15.4 Å². The second-order valence-electron chi connectivity index (χ2n) is 4.50. The molecule has 1 aliphatic heterocycles. The zero-order valence-electron chi connectivity index (χ0n) is 10.0. The van der Waals surface area contributed by atoms with Gasteiger partial charge in [-0.05, 0) is 31.5 Å². The Labute approximate surface area is 97.2 Å². The Bertz CT molecular complexity index is 334. The van der Waals surface area contributed by atoms with E-state index in [2.05, 4.69) is 36.1 Å². The van der Waals surface area contributed by atoms with Crippen LogP contribution in [-0.2, 0) is 4.74 Å². The Morgan fingerprint density at radius 1 is 1.38 bits per heavy atom. The van der Waals surface area contributed by atoms with Gasteiger partial charge >= 0.3 is 0 Å². The van der Waals surface area contributed by atoms with Gasteiger partial charge in [-0.2, -0.15) is 0 Å². The minimum Gasteiger partial charge on any atom is -0.377 e. The van der Waals surface area contributed by atoms with Gasteiger partial charge in [0.1, 0.15) is 0 Å². The summed E-state index contributed by atoms with van der Waals surface area (Å²) in [6.45, 7) is 6.80. The molecule has 0 saturated carbocycles. The van der Waals surface area contributed by atoms with Crippen molar-refractivity contribution in [2.24, 2.45) is 5.73 Å². The molecule has 16 heavy (non-hydrogen) atoms. The van der Waals surface area contributed by atoms with Crippen molar-refractivity contribution in [1.29, 1.82) is 0 Å². The van der Waals surface area contributed by atoms with Gasteiger partial charge in [0.05, 0.1) is 13.2 Å². The van der Waals surface area contributed by atoms with E-state index < -0.39 is 0 Å². The second-order valence-corrected chi connectivity index (χ2v) is 4.50. The third-order valence-corrected chi connectivity index (χ3v) is 3.12. The average molecular weight is 220 g/mol. The van der Waals surface area contributed by atoms with E-state index in [1.807, 2.05) is 6.92 Å². The Hall–Kier alpha value is -1.06. The number of hydrogen-bond donors (Lipinski definition) is 1. The molecule has 0 amide bonds. The van der Waals surface area contributed by atoms with Crippen LogP contribution in [0.15, 0.2) is 24.3 Å². The van der Waals surface area contributed by atoms with Crippen molar-refractivity contribution < 1.29 is 4.74 Å². The van der Waals surface area contributed by atoms with Crippen LogP contribution in [-0.4, -0.2) is 25.8 Å². The molecule has 3 nitrogen and oxygen atoms in total. The molecular formula is C13H20N2O. The molecule has 0 spiro atoms. The van der Waals surface area contributed by atoms with Gasteiger partial charge in [0.2, 0.25) is 0 Å². The molecule has 1 saturated heterocycles. The highest BCUT2D eigenvalue weighted by atomic mass is 16.5. The zero-order chi connectivity index (χ0) is 11.5. The summed E-state index contributed by atoms with van der Waals surface area (Å²) in [6, 6.07) is 9.09. The van der Waals surface area contributed by atoms with Crippen molar-refractivity contribution in [3.05, 3.63) is 29.8 Å². The minimum absolute atomic E-state index is 0.108. The van der Waals surface area contributed by atoms with Crippen LogP contribution in [0.25, 0.3) is 0 Å². The van der Waals surface area contributed by atoms with Crippen molar-refractivity contribution in [3.8, 4) is 0 Å². The molecule has 1 aromatic carbocycles. The fraction of sp³-hybridized carbons (Fsp3) is 0.538. The van der Waals surface area contributed by atoms with Crippen LogP contribution in [0.3, 0.4) is 0 Å². The van der Waals surface area contributed by atoms with E-state index in [4.69, 9.17) is 10.5 Å². The summed E-state index contributed by atoms with van der Waals surface area (Å²) >= 11 is 0. The highest BCUT2D eigenvalue weighted by Gasteiger charge is 2.18. The van der Waals surface area contributed by atoms with Crippen LogP contribution in [0.1, 0.15) is 25.5 Å². The first-order valence-corrected chi connectivity index (χ1v) is 5.88. The molecule has 1 unspecified atom stereocenters. The molecule has 3 heteroatoms. The molecule has 88 valence electrons. The number of rotatable bonds is 2. The highest BCUT2D eigenvalue weighted by Crippen LogP contribution is 2.21. The van der Waals surface area contributed by atoms with Gasteiger partial charge in [0.15, 0.2) is 0 Å². The van der Waals surface area contributed by atoms with Gasteiger partial charge in [-0.15, -0.1) is 0 Å². The molecule has 2 N–H and O–H groups in total. The maximum Gasteiger partial charge on any atom is 0.0668 e. The SMILES string of the molecule is CC(N)c1ccc(N2CCOC[C@H]2C)cc1.